The average molecular weight is 330 g/mol. The molecule has 0 aromatic heterocycles. The molecular weight excluding hydrogens is 311 g/mol. The Kier molecular flexibility index (Phi) is 5.65. The van der Waals surface area contributed by atoms with Crippen molar-refractivity contribution >= 4 is 23.2 Å². The Hall–Kier alpha value is -2.73. The summed E-state index contributed by atoms with van der Waals surface area (Å²) in [6.07, 6.45) is -1.30. The zero-order valence-electron chi connectivity index (χ0n) is 13.5. The summed E-state index contributed by atoms with van der Waals surface area (Å²) in [5, 5.41) is 15.4. The van der Waals surface area contributed by atoms with Crippen LogP contribution in [-0.4, -0.2) is 16.9 Å². The van der Waals surface area contributed by atoms with Gasteiger partial charge in [0.05, 0.1) is 12.5 Å². The predicted molar refractivity (Wildman–Crippen MR) is 90.1 cm³/mol. The molecule has 6 heteroatoms. The summed E-state index contributed by atoms with van der Waals surface area (Å²) in [5.41, 5.74) is 2.31. The molecule has 0 aliphatic heterocycles. The monoisotopic (exact) mass is 330 g/mol. The van der Waals surface area contributed by atoms with Gasteiger partial charge in [0.25, 0.3) is 0 Å². The van der Waals surface area contributed by atoms with Crippen LogP contribution in [0.3, 0.4) is 0 Å². The van der Waals surface area contributed by atoms with E-state index < -0.39 is 17.8 Å². The summed E-state index contributed by atoms with van der Waals surface area (Å²) >= 11 is 0. The van der Waals surface area contributed by atoms with Crippen molar-refractivity contribution in [3.05, 3.63) is 59.4 Å². The van der Waals surface area contributed by atoms with Gasteiger partial charge in [-0.05, 0) is 42.3 Å². The van der Waals surface area contributed by atoms with E-state index >= 15 is 0 Å². The number of rotatable bonds is 5. The summed E-state index contributed by atoms with van der Waals surface area (Å²) in [5.74, 6) is -1.09. The third-order valence-electron chi connectivity index (χ3n) is 3.44. The summed E-state index contributed by atoms with van der Waals surface area (Å²) in [6.45, 7) is 3.24. The van der Waals surface area contributed by atoms with Crippen molar-refractivity contribution in [1.82, 2.24) is 0 Å². The Labute approximate surface area is 139 Å². The molecular formula is C18H19FN2O3. The maximum Gasteiger partial charge on any atom is 0.227 e. The van der Waals surface area contributed by atoms with E-state index in [2.05, 4.69) is 10.6 Å². The van der Waals surface area contributed by atoms with E-state index in [1.807, 2.05) is 6.92 Å². The minimum Gasteiger partial charge on any atom is -0.388 e. The molecule has 0 saturated heterocycles. The van der Waals surface area contributed by atoms with E-state index in [1.165, 1.54) is 25.1 Å². The molecule has 3 N–H and O–H groups in total. The fraction of sp³-hybridized carbons (Fsp3) is 0.222. The van der Waals surface area contributed by atoms with Gasteiger partial charge in [-0.2, -0.15) is 0 Å². The van der Waals surface area contributed by atoms with Gasteiger partial charge in [-0.1, -0.05) is 18.2 Å². The van der Waals surface area contributed by atoms with Gasteiger partial charge in [0.2, 0.25) is 11.8 Å². The molecule has 2 rings (SSSR count). The fourth-order valence-corrected chi connectivity index (χ4v) is 2.24. The second-order valence-electron chi connectivity index (χ2n) is 5.53. The number of hydrogen-bond acceptors (Lipinski definition) is 3. The number of aliphatic hydroxyl groups excluding tert-OH is 1. The number of carbonyl (C=O) groups is 2. The van der Waals surface area contributed by atoms with Gasteiger partial charge < -0.3 is 15.7 Å². The summed E-state index contributed by atoms with van der Waals surface area (Å²) in [7, 11) is 0. The fourth-order valence-electron chi connectivity index (χ4n) is 2.24. The third-order valence-corrected chi connectivity index (χ3v) is 3.44. The number of hydrogen-bond donors (Lipinski definition) is 3. The van der Waals surface area contributed by atoms with Gasteiger partial charge in [-0.3, -0.25) is 9.59 Å². The van der Waals surface area contributed by atoms with Crippen molar-refractivity contribution in [1.29, 1.82) is 0 Å². The first kappa shape index (κ1) is 17.6. The number of aryl methyl sites for hydroxylation is 1. The molecule has 1 atom stereocenters. The molecule has 0 heterocycles. The molecule has 0 fully saturated rings. The Morgan fingerprint density at radius 2 is 1.92 bits per heavy atom. The first-order valence-electron chi connectivity index (χ1n) is 7.47. The number of halogens is 1. The molecule has 24 heavy (non-hydrogen) atoms. The molecule has 0 spiro atoms. The molecule has 2 aromatic rings. The van der Waals surface area contributed by atoms with Crippen molar-refractivity contribution in [2.75, 3.05) is 10.6 Å². The highest BCUT2D eigenvalue weighted by atomic mass is 19.1. The van der Waals surface area contributed by atoms with E-state index in [9.17, 15) is 19.1 Å². The van der Waals surface area contributed by atoms with Gasteiger partial charge in [0.15, 0.2) is 0 Å². The van der Waals surface area contributed by atoms with E-state index in [4.69, 9.17) is 0 Å². The van der Waals surface area contributed by atoms with Crippen LogP contribution < -0.4 is 10.6 Å². The molecule has 1 unspecified atom stereocenters. The summed E-state index contributed by atoms with van der Waals surface area (Å²) in [6, 6.07) is 10.6. The van der Waals surface area contributed by atoms with Crippen LogP contribution in [0.15, 0.2) is 42.5 Å². The number of nitrogens with one attached hydrogen (secondary N) is 2. The highest BCUT2D eigenvalue weighted by Crippen LogP contribution is 2.22. The number of carbonyl (C=O) groups excluding carboxylic acids is 2. The van der Waals surface area contributed by atoms with Crippen LogP contribution in [0.2, 0.25) is 0 Å². The van der Waals surface area contributed by atoms with Crippen LogP contribution in [0.5, 0.6) is 0 Å². The Balaban J connectivity index is 2.03. The second kappa shape index (κ2) is 7.70. The van der Waals surface area contributed by atoms with Gasteiger partial charge in [-0.25, -0.2) is 4.39 Å². The number of aliphatic hydroxyl groups is 1. The number of amides is 2. The minimum atomic E-state index is -1.10. The third kappa shape index (κ3) is 4.89. The SMILES string of the molecule is CC(=O)Nc1cc(NC(=O)CC(O)c2cccc(F)c2)ccc1C. The van der Waals surface area contributed by atoms with Gasteiger partial charge >= 0.3 is 0 Å². The van der Waals surface area contributed by atoms with E-state index in [-0.39, 0.29) is 12.3 Å². The predicted octanol–water partition coefficient (Wildman–Crippen LogP) is 3.15. The number of benzene rings is 2. The van der Waals surface area contributed by atoms with Gasteiger partial charge in [-0.15, -0.1) is 0 Å². The molecule has 2 aromatic carbocycles. The molecule has 126 valence electrons. The molecule has 0 aliphatic rings. The van der Waals surface area contributed by atoms with Crippen LogP contribution in [0.4, 0.5) is 15.8 Å². The zero-order valence-corrected chi connectivity index (χ0v) is 13.5. The molecule has 0 saturated carbocycles. The maximum atomic E-state index is 13.2. The smallest absolute Gasteiger partial charge is 0.227 e. The van der Waals surface area contributed by atoms with Crippen molar-refractivity contribution in [2.24, 2.45) is 0 Å². The zero-order chi connectivity index (χ0) is 17.7. The van der Waals surface area contributed by atoms with Crippen LogP contribution in [0.25, 0.3) is 0 Å². The molecule has 2 amide bonds. The van der Waals surface area contributed by atoms with Gasteiger partial charge in [0.1, 0.15) is 5.82 Å². The normalized spacial score (nSPS) is 11.7. The van der Waals surface area contributed by atoms with Crippen molar-refractivity contribution < 1.29 is 19.1 Å². The highest BCUT2D eigenvalue weighted by Gasteiger charge is 2.14. The molecule has 0 radical (unpaired) electrons. The maximum absolute atomic E-state index is 13.2. The lowest BCUT2D eigenvalue weighted by atomic mass is 10.1. The first-order chi connectivity index (χ1) is 11.3. The van der Waals surface area contributed by atoms with Gasteiger partial charge in [0, 0.05) is 18.3 Å². The Bertz CT molecular complexity index is 762. The second-order valence-corrected chi connectivity index (χ2v) is 5.53. The average Bonchev–Trinajstić information content (AvgIpc) is 2.50. The standard InChI is InChI=1S/C18H19FN2O3/c1-11-6-7-15(9-16(11)20-12(2)22)21-18(24)10-17(23)13-4-3-5-14(19)8-13/h3-9,17,23H,10H2,1-2H3,(H,20,22)(H,21,24). The molecule has 5 nitrogen and oxygen atoms in total. The van der Waals surface area contributed by atoms with Crippen molar-refractivity contribution in [3.63, 3.8) is 0 Å². The van der Waals surface area contributed by atoms with Crippen LogP contribution in [0, 0.1) is 12.7 Å². The van der Waals surface area contributed by atoms with E-state index in [0.717, 1.165) is 5.56 Å². The quantitative estimate of drug-likeness (QED) is 0.788. The summed E-state index contributed by atoms with van der Waals surface area (Å²) in [4.78, 5) is 23.2. The Morgan fingerprint density at radius 1 is 1.17 bits per heavy atom. The van der Waals surface area contributed by atoms with Crippen LogP contribution in [-0.2, 0) is 9.59 Å². The van der Waals surface area contributed by atoms with Crippen molar-refractivity contribution in [2.45, 2.75) is 26.4 Å². The lowest BCUT2D eigenvalue weighted by Crippen LogP contribution is -2.16. The number of anilines is 2. The lowest BCUT2D eigenvalue weighted by Gasteiger charge is -2.13. The lowest BCUT2D eigenvalue weighted by molar-refractivity contribution is -0.118. The molecule has 0 aliphatic carbocycles. The van der Waals surface area contributed by atoms with Crippen molar-refractivity contribution in [3.8, 4) is 0 Å². The largest absolute Gasteiger partial charge is 0.388 e. The highest BCUT2D eigenvalue weighted by molar-refractivity contribution is 5.94. The topological polar surface area (TPSA) is 78.4 Å². The Morgan fingerprint density at radius 3 is 2.58 bits per heavy atom. The van der Waals surface area contributed by atoms with E-state index in [0.29, 0.717) is 16.9 Å². The van der Waals surface area contributed by atoms with E-state index in [1.54, 1.807) is 24.3 Å². The minimum absolute atomic E-state index is 0.202. The van der Waals surface area contributed by atoms with Crippen LogP contribution in [0.1, 0.15) is 30.6 Å². The summed E-state index contributed by atoms with van der Waals surface area (Å²) < 4.78 is 13.2. The van der Waals surface area contributed by atoms with Crippen LogP contribution >= 0.6 is 0 Å². The first-order valence-corrected chi connectivity index (χ1v) is 7.47. The molecule has 0 bridgehead atoms.